The van der Waals surface area contributed by atoms with Crippen LogP contribution in [-0.4, -0.2) is 55.1 Å². The molecular weight excluding hydrogens is 306 g/mol. The predicted octanol–water partition coefficient (Wildman–Crippen LogP) is 2.43. The third-order valence-electron chi connectivity index (χ3n) is 4.07. The van der Waals surface area contributed by atoms with Crippen LogP contribution >= 0.6 is 11.3 Å². The van der Waals surface area contributed by atoms with Crippen molar-refractivity contribution in [2.45, 2.75) is 46.0 Å². The fourth-order valence-corrected chi connectivity index (χ4v) is 3.48. The number of guanidine groups is 1. The number of hydrogen-bond donors (Lipinski definition) is 2. The SMILES string of the molecule is CCNC(=NCCN1CCCCCC1)NCCc1csc(C)n1. The summed E-state index contributed by atoms with van der Waals surface area (Å²) >= 11 is 1.71. The van der Waals surface area contributed by atoms with E-state index in [0.29, 0.717) is 0 Å². The van der Waals surface area contributed by atoms with Gasteiger partial charge in [-0.1, -0.05) is 12.8 Å². The molecule has 1 aromatic rings. The topological polar surface area (TPSA) is 52.6 Å². The van der Waals surface area contributed by atoms with Gasteiger partial charge >= 0.3 is 0 Å². The van der Waals surface area contributed by atoms with Gasteiger partial charge in [-0.2, -0.15) is 0 Å². The van der Waals surface area contributed by atoms with E-state index in [1.54, 1.807) is 11.3 Å². The molecule has 0 spiro atoms. The van der Waals surface area contributed by atoms with E-state index in [1.807, 2.05) is 0 Å². The first-order valence-corrected chi connectivity index (χ1v) is 9.81. The Labute approximate surface area is 144 Å². The van der Waals surface area contributed by atoms with E-state index in [4.69, 9.17) is 4.99 Å². The summed E-state index contributed by atoms with van der Waals surface area (Å²) in [6, 6.07) is 0. The largest absolute Gasteiger partial charge is 0.357 e. The standard InChI is InChI=1S/C17H31N5S/c1-3-18-17(19-9-8-16-14-23-15(2)21-16)20-10-13-22-11-6-4-5-7-12-22/h14H,3-13H2,1-2H3,(H2,18,19,20). The first-order valence-electron chi connectivity index (χ1n) is 8.93. The Balaban J connectivity index is 1.70. The molecule has 130 valence electrons. The fraction of sp³-hybridized carbons (Fsp3) is 0.765. The van der Waals surface area contributed by atoms with Gasteiger partial charge in [-0.3, -0.25) is 4.99 Å². The Bertz CT molecular complexity index is 463. The lowest BCUT2D eigenvalue weighted by molar-refractivity contribution is 0.293. The maximum absolute atomic E-state index is 4.71. The second-order valence-electron chi connectivity index (χ2n) is 6.05. The van der Waals surface area contributed by atoms with Crippen LogP contribution < -0.4 is 10.6 Å². The monoisotopic (exact) mass is 337 g/mol. The van der Waals surface area contributed by atoms with Crippen molar-refractivity contribution in [1.29, 1.82) is 0 Å². The molecule has 1 aliphatic heterocycles. The van der Waals surface area contributed by atoms with Crippen molar-refractivity contribution in [2.24, 2.45) is 4.99 Å². The van der Waals surface area contributed by atoms with Crippen LogP contribution in [-0.2, 0) is 6.42 Å². The molecule has 5 nitrogen and oxygen atoms in total. The maximum atomic E-state index is 4.71. The highest BCUT2D eigenvalue weighted by Gasteiger charge is 2.08. The first kappa shape index (κ1) is 18.2. The number of aromatic nitrogens is 1. The molecule has 0 unspecified atom stereocenters. The molecule has 1 aliphatic rings. The molecular formula is C17H31N5S. The number of nitrogens with one attached hydrogen (secondary N) is 2. The van der Waals surface area contributed by atoms with Gasteiger partial charge in [0.15, 0.2) is 5.96 Å². The summed E-state index contributed by atoms with van der Waals surface area (Å²) in [5, 5.41) is 10.0. The summed E-state index contributed by atoms with van der Waals surface area (Å²) < 4.78 is 0. The third kappa shape index (κ3) is 7.31. The van der Waals surface area contributed by atoms with E-state index in [2.05, 4.69) is 39.7 Å². The third-order valence-corrected chi connectivity index (χ3v) is 4.89. The first-order chi connectivity index (χ1) is 11.3. The van der Waals surface area contributed by atoms with Crippen LogP contribution in [0.25, 0.3) is 0 Å². The van der Waals surface area contributed by atoms with Gasteiger partial charge in [-0.15, -0.1) is 11.3 Å². The predicted molar refractivity (Wildman–Crippen MR) is 99.4 cm³/mol. The van der Waals surface area contributed by atoms with Crippen molar-refractivity contribution in [3.8, 4) is 0 Å². The van der Waals surface area contributed by atoms with E-state index in [1.165, 1.54) is 44.5 Å². The van der Waals surface area contributed by atoms with Crippen LogP contribution in [0.1, 0.15) is 43.3 Å². The lowest BCUT2D eigenvalue weighted by Gasteiger charge is -2.18. The van der Waals surface area contributed by atoms with Gasteiger partial charge in [0.1, 0.15) is 0 Å². The minimum Gasteiger partial charge on any atom is -0.357 e. The van der Waals surface area contributed by atoms with Gasteiger partial charge in [0, 0.05) is 31.4 Å². The fourth-order valence-electron chi connectivity index (χ4n) is 2.84. The number of hydrogen-bond acceptors (Lipinski definition) is 4. The van der Waals surface area contributed by atoms with Crippen LogP contribution in [0, 0.1) is 6.92 Å². The molecule has 1 saturated heterocycles. The van der Waals surface area contributed by atoms with Crippen molar-refractivity contribution in [3.63, 3.8) is 0 Å². The Morgan fingerprint density at radius 2 is 2.04 bits per heavy atom. The van der Waals surface area contributed by atoms with Gasteiger partial charge in [0.25, 0.3) is 0 Å². The van der Waals surface area contributed by atoms with E-state index in [9.17, 15) is 0 Å². The zero-order valence-corrected chi connectivity index (χ0v) is 15.4. The molecule has 0 aliphatic carbocycles. The molecule has 0 aromatic carbocycles. The van der Waals surface area contributed by atoms with E-state index in [-0.39, 0.29) is 0 Å². The minimum atomic E-state index is 0.866. The molecule has 2 heterocycles. The molecule has 2 N–H and O–H groups in total. The average molecular weight is 338 g/mol. The lowest BCUT2D eigenvalue weighted by atomic mass is 10.2. The summed E-state index contributed by atoms with van der Waals surface area (Å²) in [7, 11) is 0. The van der Waals surface area contributed by atoms with Crippen molar-refractivity contribution >= 4 is 17.3 Å². The van der Waals surface area contributed by atoms with Gasteiger partial charge < -0.3 is 15.5 Å². The number of rotatable bonds is 7. The quantitative estimate of drug-likeness (QED) is 0.593. The van der Waals surface area contributed by atoms with Crippen molar-refractivity contribution in [3.05, 3.63) is 16.1 Å². The molecule has 23 heavy (non-hydrogen) atoms. The molecule has 0 amide bonds. The summed E-state index contributed by atoms with van der Waals surface area (Å²) in [6.07, 6.45) is 6.41. The Kier molecular flexibility index (Phi) is 8.39. The van der Waals surface area contributed by atoms with Crippen LogP contribution in [0.5, 0.6) is 0 Å². The zero-order chi connectivity index (χ0) is 16.3. The van der Waals surface area contributed by atoms with Crippen LogP contribution in [0.4, 0.5) is 0 Å². The lowest BCUT2D eigenvalue weighted by Crippen LogP contribution is -2.39. The Hall–Kier alpha value is -1.14. The Morgan fingerprint density at radius 1 is 1.26 bits per heavy atom. The summed E-state index contributed by atoms with van der Waals surface area (Å²) in [5.74, 6) is 0.925. The van der Waals surface area contributed by atoms with Crippen molar-refractivity contribution < 1.29 is 0 Å². The zero-order valence-electron chi connectivity index (χ0n) is 14.6. The molecule has 0 saturated carbocycles. The van der Waals surface area contributed by atoms with Gasteiger partial charge in [-0.05, 0) is 39.8 Å². The molecule has 0 bridgehead atoms. The number of aliphatic imine (C=N–C) groups is 1. The average Bonchev–Trinajstić information content (AvgIpc) is 2.79. The van der Waals surface area contributed by atoms with Crippen molar-refractivity contribution in [2.75, 3.05) is 39.3 Å². The number of aryl methyl sites for hydroxylation is 1. The highest BCUT2D eigenvalue weighted by molar-refractivity contribution is 7.09. The number of nitrogens with zero attached hydrogens (tertiary/aromatic N) is 3. The minimum absolute atomic E-state index is 0.866. The van der Waals surface area contributed by atoms with Crippen molar-refractivity contribution in [1.82, 2.24) is 20.5 Å². The molecule has 0 atom stereocenters. The molecule has 0 radical (unpaired) electrons. The van der Waals surface area contributed by atoms with Gasteiger partial charge in [-0.25, -0.2) is 4.98 Å². The summed E-state index contributed by atoms with van der Waals surface area (Å²) in [4.78, 5) is 11.8. The highest BCUT2D eigenvalue weighted by atomic mass is 32.1. The highest BCUT2D eigenvalue weighted by Crippen LogP contribution is 2.09. The number of thiazole rings is 1. The summed E-state index contributed by atoms with van der Waals surface area (Å²) in [5.41, 5.74) is 1.17. The van der Waals surface area contributed by atoms with E-state index < -0.39 is 0 Å². The summed E-state index contributed by atoms with van der Waals surface area (Å²) in [6.45, 7) is 10.3. The van der Waals surface area contributed by atoms with Gasteiger partial charge in [0.05, 0.1) is 17.2 Å². The van der Waals surface area contributed by atoms with Crippen LogP contribution in [0.3, 0.4) is 0 Å². The molecule has 6 heteroatoms. The second kappa shape index (κ2) is 10.6. The molecule has 1 fully saturated rings. The number of likely N-dealkylation sites (tertiary alicyclic amines) is 1. The van der Waals surface area contributed by atoms with Crippen LogP contribution in [0.15, 0.2) is 10.4 Å². The maximum Gasteiger partial charge on any atom is 0.191 e. The van der Waals surface area contributed by atoms with Gasteiger partial charge in [0.2, 0.25) is 0 Å². The normalized spacial score (nSPS) is 17.0. The molecule has 2 rings (SSSR count). The Morgan fingerprint density at radius 3 is 2.70 bits per heavy atom. The van der Waals surface area contributed by atoms with E-state index in [0.717, 1.165) is 43.6 Å². The smallest absolute Gasteiger partial charge is 0.191 e. The van der Waals surface area contributed by atoms with Crippen LogP contribution in [0.2, 0.25) is 0 Å². The molecule has 1 aromatic heterocycles. The van der Waals surface area contributed by atoms with E-state index >= 15 is 0 Å². The second-order valence-corrected chi connectivity index (χ2v) is 7.11.